The molecule has 0 fully saturated rings. The predicted octanol–water partition coefficient (Wildman–Crippen LogP) is 5.60. The number of carbonyl (C=O) groups excluding carboxylic acids is 1. The van der Waals surface area contributed by atoms with Gasteiger partial charge in [0.15, 0.2) is 0 Å². The van der Waals surface area contributed by atoms with Crippen LogP contribution in [-0.2, 0) is 4.79 Å². The van der Waals surface area contributed by atoms with E-state index in [9.17, 15) is 9.18 Å². The van der Waals surface area contributed by atoms with E-state index >= 15 is 0 Å². The summed E-state index contributed by atoms with van der Waals surface area (Å²) in [5.41, 5.74) is 1.90. The van der Waals surface area contributed by atoms with Crippen LogP contribution >= 0.6 is 11.6 Å². The lowest BCUT2D eigenvalue weighted by molar-refractivity contribution is -0.117. The van der Waals surface area contributed by atoms with Gasteiger partial charge in [0.2, 0.25) is 5.91 Å². The molecular weight excluding hydrogens is 315 g/mol. The first kappa shape index (κ1) is 17.3. The predicted molar refractivity (Wildman–Crippen MR) is 93.8 cm³/mol. The maximum Gasteiger partial charge on any atom is 0.224 e. The van der Waals surface area contributed by atoms with Gasteiger partial charge in [0, 0.05) is 17.1 Å². The second-order valence-corrected chi connectivity index (χ2v) is 7.04. The van der Waals surface area contributed by atoms with E-state index in [-0.39, 0.29) is 17.1 Å². The molecule has 0 radical (unpaired) electrons. The molecule has 0 saturated heterocycles. The maximum atomic E-state index is 13.0. The summed E-state index contributed by atoms with van der Waals surface area (Å²) in [4.78, 5) is 12.1. The first-order valence-corrected chi connectivity index (χ1v) is 7.73. The molecule has 2 aromatic carbocycles. The fraction of sp³-hybridized carbons (Fsp3) is 0.278. The van der Waals surface area contributed by atoms with Crippen molar-refractivity contribution in [1.29, 1.82) is 0 Å². The van der Waals surface area contributed by atoms with Crippen LogP contribution in [0.1, 0.15) is 27.2 Å². The topological polar surface area (TPSA) is 41.1 Å². The van der Waals surface area contributed by atoms with Gasteiger partial charge in [-0.3, -0.25) is 4.79 Å². The van der Waals surface area contributed by atoms with E-state index in [1.54, 1.807) is 30.3 Å². The summed E-state index contributed by atoms with van der Waals surface area (Å²) in [6.45, 7) is 6.02. The standard InChI is InChI=1S/C18H20ClFN2O/c1-18(2,3)11-17(23)22-15-9-4-12(19)10-16(15)21-14-7-5-13(20)6-8-14/h4-10,21H,11H2,1-3H3,(H,22,23). The number of carbonyl (C=O) groups is 1. The number of hydrogen-bond donors (Lipinski definition) is 2. The van der Waals surface area contributed by atoms with Gasteiger partial charge in [0.1, 0.15) is 5.82 Å². The lowest BCUT2D eigenvalue weighted by Crippen LogP contribution is -2.20. The highest BCUT2D eigenvalue weighted by Gasteiger charge is 2.17. The van der Waals surface area contributed by atoms with E-state index in [2.05, 4.69) is 10.6 Å². The van der Waals surface area contributed by atoms with E-state index in [0.717, 1.165) is 0 Å². The van der Waals surface area contributed by atoms with Crippen molar-refractivity contribution < 1.29 is 9.18 Å². The normalized spacial score (nSPS) is 11.2. The summed E-state index contributed by atoms with van der Waals surface area (Å²) in [5, 5.41) is 6.58. The van der Waals surface area contributed by atoms with Crippen LogP contribution in [0, 0.1) is 11.2 Å². The van der Waals surface area contributed by atoms with Crippen LogP contribution < -0.4 is 10.6 Å². The van der Waals surface area contributed by atoms with Crippen LogP contribution in [0.5, 0.6) is 0 Å². The fourth-order valence-electron chi connectivity index (χ4n) is 2.09. The summed E-state index contributed by atoms with van der Waals surface area (Å²) < 4.78 is 13.0. The minimum atomic E-state index is -0.305. The third-order valence-corrected chi connectivity index (χ3v) is 3.30. The number of nitrogens with one attached hydrogen (secondary N) is 2. The summed E-state index contributed by atoms with van der Waals surface area (Å²) >= 11 is 6.04. The first-order valence-electron chi connectivity index (χ1n) is 7.35. The molecular formula is C18H20ClFN2O. The Labute approximate surface area is 140 Å². The molecule has 2 N–H and O–H groups in total. The Balaban J connectivity index is 2.20. The molecule has 0 atom stereocenters. The van der Waals surface area contributed by atoms with Crippen LogP contribution in [0.25, 0.3) is 0 Å². The van der Waals surface area contributed by atoms with Gasteiger partial charge >= 0.3 is 0 Å². The molecule has 0 aromatic heterocycles. The first-order chi connectivity index (χ1) is 10.7. The van der Waals surface area contributed by atoms with Crippen molar-refractivity contribution in [1.82, 2.24) is 0 Å². The zero-order chi connectivity index (χ0) is 17.0. The van der Waals surface area contributed by atoms with Gasteiger partial charge in [0.05, 0.1) is 11.4 Å². The number of hydrogen-bond acceptors (Lipinski definition) is 2. The molecule has 0 aliphatic heterocycles. The third kappa shape index (κ3) is 5.57. The lowest BCUT2D eigenvalue weighted by atomic mass is 9.92. The number of amides is 1. The SMILES string of the molecule is CC(C)(C)CC(=O)Nc1ccc(Cl)cc1Nc1ccc(F)cc1. The van der Waals surface area contributed by atoms with Gasteiger partial charge in [-0.1, -0.05) is 32.4 Å². The molecule has 3 nitrogen and oxygen atoms in total. The van der Waals surface area contributed by atoms with Gasteiger partial charge in [-0.05, 0) is 47.9 Å². The van der Waals surface area contributed by atoms with Gasteiger partial charge in [-0.2, -0.15) is 0 Å². The monoisotopic (exact) mass is 334 g/mol. The minimum Gasteiger partial charge on any atom is -0.354 e. The van der Waals surface area contributed by atoms with Crippen molar-refractivity contribution >= 4 is 34.6 Å². The number of rotatable bonds is 4. The van der Waals surface area contributed by atoms with Crippen molar-refractivity contribution in [3.8, 4) is 0 Å². The van der Waals surface area contributed by atoms with Gasteiger partial charge < -0.3 is 10.6 Å². The Bertz CT molecular complexity index is 693. The average Bonchev–Trinajstić information content (AvgIpc) is 2.42. The molecule has 23 heavy (non-hydrogen) atoms. The largest absolute Gasteiger partial charge is 0.354 e. The molecule has 0 heterocycles. The highest BCUT2D eigenvalue weighted by Crippen LogP contribution is 2.30. The fourth-order valence-corrected chi connectivity index (χ4v) is 2.27. The Hall–Kier alpha value is -2.07. The van der Waals surface area contributed by atoms with Crippen molar-refractivity contribution in [3.05, 3.63) is 53.3 Å². The smallest absolute Gasteiger partial charge is 0.224 e. The summed E-state index contributed by atoms with van der Waals surface area (Å²) in [7, 11) is 0. The summed E-state index contributed by atoms with van der Waals surface area (Å²) in [6, 6.07) is 11.2. The van der Waals surface area contributed by atoms with E-state index in [4.69, 9.17) is 11.6 Å². The molecule has 122 valence electrons. The van der Waals surface area contributed by atoms with Crippen molar-refractivity contribution in [3.63, 3.8) is 0 Å². The molecule has 0 unspecified atom stereocenters. The Morgan fingerprint density at radius 2 is 1.74 bits per heavy atom. The van der Waals surface area contributed by atoms with Crippen molar-refractivity contribution in [2.24, 2.45) is 5.41 Å². The average molecular weight is 335 g/mol. The highest BCUT2D eigenvalue weighted by molar-refractivity contribution is 6.31. The van der Waals surface area contributed by atoms with E-state index < -0.39 is 0 Å². The summed E-state index contributed by atoms with van der Waals surface area (Å²) in [6.07, 6.45) is 0.408. The number of benzene rings is 2. The Morgan fingerprint density at radius 3 is 2.35 bits per heavy atom. The molecule has 1 amide bonds. The van der Waals surface area contributed by atoms with Crippen molar-refractivity contribution in [2.45, 2.75) is 27.2 Å². The quantitative estimate of drug-likeness (QED) is 0.764. The molecule has 0 aliphatic rings. The Morgan fingerprint density at radius 1 is 1.09 bits per heavy atom. The van der Waals surface area contributed by atoms with Crippen LogP contribution in [0.15, 0.2) is 42.5 Å². The van der Waals surface area contributed by atoms with Gasteiger partial charge in [-0.15, -0.1) is 0 Å². The van der Waals surface area contributed by atoms with Crippen LogP contribution in [0.3, 0.4) is 0 Å². The van der Waals surface area contributed by atoms with Crippen molar-refractivity contribution in [2.75, 3.05) is 10.6 Å². The molecule has 5 heteroatoms. The number of anilines is 3. The van der Waals surface area contributed by atoms with Crippen LogP contribution in [0.2, 0.25) is 5.02 Å². The molecule has 0 saturated carbocycles. The van der Waals surface area contributed by atoms with Gasteiger partial charge in [-0.25, -0.2) is 4.39 Å². The molecule has 0 bridgehead atoms. The lowest BCUT2D eigenvalue weighted by Gasteiger charge is -2.19. The highest BCUT2D eigenvalue weighted by atomic mass is 35.5. The zero-order valence-electron chi connectivity index (χ0n) is 13.4. The van der Waals surface area contributed by atoms with E-state index in [1.807, 2.05) is 20.8 Å². The summed E-state index contributed by atoms with van der Waals surface area (Å²) in [5.74, 6) is -0.373. The van der Waals surface area contributed by atoms with E-state index in [0.29, 0.717) is 28.5 Å². The second kappa shape index (κ2) is 7.01. The maximum absolute atomic E-state index is 13.0. The number of halogens is 2. The zero-order valence-corrected chi connectivity index (χ0v) is 14.2. The van der Waals surface area contributed by atoms with Crippen LogP contribution in [-0.4, -0.2) is 5.91 Å². The molecule has 0 spiro atoms. The minimum absolute atomic E-state index is 0.0676. The second-order valence-electron chi connectivity index (χ2n) is 6.61. The Kier molecular flexibility index (Phi) is 5.26. The molecule has 0 aliphatic carbocycles. The molecule has 2 rings (SSSR count). The van der Waals surface area contributed by atoms with Gasteiger partial charge in [0.25, 0.3) is 0 Å². The molecule has 2 aromatic rings. The van der Waals surface area contributed by atoms with E-state index in [1.165, 1.54) is 12.1 Å². The third-order valence-electron chi connectivity index (χ3n) is 3.07. The van der Waals surface area contributed by atoms with Crippen LogP contribution in [0.4, 0.5) is 21.5 Å².